The number of nitrogens with two attached hydrogens (primary N) is 1. The molecule has 1 aromatic carbocycles. The molecule has 2 rings (SSSR count). The Balaban J connectivity index is 2.56. The molecule has 0 fully saturated rings. The average Bonchev–Trinajstić information content (AvgIpc) is 2.35. The Morgan fingerprint density at radius 1 is 1.28 bits per heavy atom. The minimum atomic E-state index is -1.06. The molecule has 6 heteroatoms. The Kier molecular flexibility index (Phi) is 3.94. The second kappa shape index (κ2) is 5.30. The van der Waals surface area contributed by atoms with Gasteiger partial charge in [-0.1, -0.05) is 11.6 Å². The van der Waals surface area contributed by atoms with E-state index in [4.69, 9.17) is 17.3 Å². The van der Waals surface area contributed by atoms with Gasteiger partial charge in [0, 0.05) is 11.8 Å². The summed E-state index contributed by atoms with van der Waals surface area (Å²) in [6.45, 7) is 0. The predicted octanol–water partition coefficient (Wildman–Crippen LogP) is 3.82. The quantitative estimate of drug-likeness (QED) is 0.849. The van der Waals surface area contributed by atoms with E-state index in [1.165, 1.54) is 12.3 Å². The molecular formula is C12H8BrClF2N2. The Morgan fingerprint density at radius 3 is 2.67 bits per heavy atom. The number of hydrogen-bond donors (Lipinski definition) is 1. The van der Waals surface area contributed by atoms with Crippen LogP contribution in [0.25, 0.3) is 0 Å². The largest absolute Gasteiger partial charge is 0.319 e. The Morgan fingerprint density at radius 2 is 2.00 bits per heavy atom. The number of halogens is 4. The van der Waals surface area contributed by atoms with Crippen molar-refractivity contribution in [2.24, 2.45) is 5.73 Å². The summed E-state index contributed by atoms with van der Waals surface area (Å²) in [5.41, 5.74) is 5.81. The van der Waals surface area contributed by atoms with Gasteiger partial charge in [0.2, 0.25) is 0 Å². The zero-order chi connectivity index (χ0) is 13.3. The highest BCUT2D eigenvalue weighted by Gasteiger charge is 2.23. The molecule has 0 amide bonds. The van der Waals surface area contributed by atoms with Gasteiger partial charge in [0.15, 0.2) is 0 Å². The molecule has 18 heavy (non-hydrogen) atoms. The van der Waals surface area contributed by atoms with E-state index in [2.05, 4.69) is 20.9 Å². The highest BCUT2D eigenvalue weighted by atomic mass is 79.9. The summed E-state index contributed by atoms with van der Waals surface area (Å²) in [5, 5.41) is 0.267. The van der Waals surface area contributed by atoms with Crippen LogP contribution in [-0.4, -0.2) is 4.98 Å². The predicted molar refractivity (Wildman–Crippen MR) is 69.3 cm³/mol. The molecule has 0 radical (unpaired) electrons. The first-order valence-corrected chi connectivity index (χ1v) is 6.19. The highest BCUT2D eigenvalue weighted by Crippen LogP contribution is 2.30. The molecule has 2 aromatic rings. The van der Waals surface area contributed by atoms with Crippen LogP contribution in [-0.2, 0) is 0 Å². The van der Waals surface area contributed by atoms with Crippen LogP contribution in [0.1, 0.15) is 17.3 Å². The van der Waals surface area contributed by atoms with Gasteiger partial charge >= 0.3 is 0 Å². The first-order valence-electron chi connectivity index (χ1n) is 5.01. The molecule has 1 atom stereocenters. The van der Waals surface area contributed by atoms with Crippen LogP contribution in [0.3, 0.4) is 0 Å². The van der Waals surface area contributed by atoms with Gasteiger partial charge in [-0.05, 0) is 40.2 Å². The smallest absolute Gasteiger partial charge is 0.145 e. The number of nitrogens with zero attached hydrogens (tertiary/aromatic N) is 1. The van der Waals surface area contributed by atoms with E-state index in [9.17, 15) is 8.78 Å². The topological polar surface area (TPSA) is 38.9 Å². The summed E-state index contributed by atoms with van der Waals surface area (Å²) in [6, 6.07) is 4.54. The molecule has 2 N–H and O–H groups in total. The first-order chi connectivity index (χ1) is 8.52. The van der Waals surface area contributed by atoms with E-state index in [0.29, 0.717) is 0 Å². The Bertz CT molecular complexity index is 592. The third-order valence-corrected chi connectivity index (χ3v) is 3.40. The average molecular weight is 334 g/mol. The van der Waals surface area contributed by atoms with Crippen LogP contribution in [0.4, 0.5) is 8.78 Å². The van der Waals surface area contributed by atoms with Crippen LogP contribution in [0.15, 0.2) is 34.9 Å². The van der Waals surface area contributed by atoms with E-state index in [0.717, 1.165) is 6.07 Å². The summed E-state index contributed by atoms with van der Waals surface area (Å²) in [4.78, 5) is 3.96. The molecule has 0 aliphatic rings. The maximum atomic E-state index is 13.9. The van der Waals surface area contributed by atoms with Crippen molar-refractivity contribution in [2.75, 3.05) is 0 Å². The standard InChI is InChI=1S/C12H8BrClF2N2/c13-6-3-4-8(15)9(10(6)16)11(17)12-7(14)2-1-5-18-12/h1-5,11H,17H2. The molecule has 0 saturated heterocycles. The summed E-state index contributed by atoms with van der Waals surface area (Å²) in [6.07, 6.45) is 1.47. The maximum absolute atomic E-state index is 13.9. The van der Waals surface area contributed by atoms with E-state index in [-0.39, 0.29) is 20.8 Å². The number of hydrogen-bond acceptors (Lipinski definition) is 2. The van der Waals surface area contributed by atoms with Crippen molar-refractivity contribution in [1.29, 1.82) is 0 Å². The van der Waals surface area contributed by atoms with Gasteiger partial charge in [-0.25, -0.2) is 8.78 Å². The van der Waals surface area contributed by atoms with Crippen molar-refractivity contribution in [3.63, 3.8) is 0 Å². The van der Waals surface area contributed by atoms with Crippen LogP contribution < -0.4 is 5.73 Å². The molecular weight excluding hydrogens is 325 g/mol. The SMILES string of the molecule is NC(c1ncccc1Cl)c1c(F)ccc(Br)c1F. The molecule has 2 nitrogen and oxygen atoms in total. The minimum Gasteiger partial charge on any atom is -0.319 e. The summed E-state index contributed by atoms with van der Waals surface area (Å²) in [7, 11) is 0. The molecule has 0 aliphatic carbocycles. The van der Waals surface area contributed by atoms with Crippen molar-refractivity contribution >= 4 is 27.5 Å². The van der Waals surface area contributed by atoms with Gasteiger partial charge in [0.1, 0.15) is 11.6 Å². The van der Waals surface area contributed by atoms with E-state index >= 15 is 0 Å². The van der Waals surface area contributed by atoms with Crippen LogP contribution in [0.2, 0.25) is 5.02 Å². The lowest BCUT2D eigenvalue weighted by Crippen LogP contribution is -2.17. The summed E-state index contributed by atoms with van der Waals surface area (Å²) < 4.78 is 27.7. The minimum absolute atomic E-state index is 0.140. The lowest BCUT2D eigenvalue weighted by atomic mass is 10.0. The van der Waals surface area contributed by atoms with Crippen molar-refractivity contribution in [1.82, 2.24) is 4.98 Å². The lowest BCUT2D eigenvalue weighted by Gasteiger charge is -2.15. The van der Waals surface area contributed by atoms with Crippen LogP contribution in [0.5, 0.6) is 0 Å². The van der Waals surface area contributed by atoms with Gasteiger partial charge in [-0.2, -0.15) is 0 Å². The van der Waals surface area contributed by atoms with Crippen molar-refractivity contribution in [2.45, 2.75) is 6.04 Å². The van der Waals surface area contributed by atoms with Gasteiger partial charge in [0.25, 0.3) is 0 Å². The Hall–Kier alpha value is -1.04. The molecule has 0 spiro atoms. The molecule has 0 bridgehead atoms. The molecule has 0 aliphatic heterocycles. The highest BCUT2D eigenvalue weighted by molar-refractivity contribution is 9.10. The summed E-state index contributed by atoms with van der Waals surface area (Å²) >= 11 is 8.90. The van der Waals surface area contributed by atoms with Crippen LogP contribution in [0, 0.1) is 11.6 Å². The molecule has 94 valence electrons. The number of rotatable bonds is 2. The van der Waals surface area contributed by atoms with E-state index in [1.807, 2.05) is 0 Å². The van der Waals surface area contributed by atoms with Gasteiger partial charge in [-0.15, -0.1) is 0 Å². The molecule has 0 saturated carbocycles. The van der Waals surface area contributed by atoms with Crippen molar-refractivity contribution in [3.8, 4) is 0 Å². The summed E-state index contributed by atoms with van der Waals surface area (Å²) in [5.74, 6) is -1.48. The lowest BCUT2D eigenvalue weighted by molar-refractivity contribution is 0.537. The molecule has 1 heterocycles. The second-order valence-corrected chi connectivity index (χ2v) is 4.87. The third-order valence-electron chi connectivity index (χ3n) is 2.47. The van der Waals surface area contributed by atoms with Crippen LogP contribution >= 0.6 is 27.5 Å². The third kappa shape index (κ3) is 2.39. The molecule has 1 unspecified atom stereocenters. The fraction of sp³-hybridized carbons (Fsp3) is 0.0833. The monoisotopic (exact) mass is 332 g/mol. The van der Waals surface area contributed by atoms with E-state index in [1.54, 1.807) is 12.1 Å². The zero-order valence-corrected chi connectivity index (χ0v) is 11.3. The van der Waals surface area contributed by atoms with Crippen molar-refractivity contribution < 1.29 is 8.78 Å². The van der Waals surface area contributed by atoms with E-state index < -0.39 is 17.7 Å². The fourth-order valence-corrected chi connectivity index (χ4v) is 2.18. The maximum Gasteiger partial charge on any atom is 0.145 e. The normalized spacial score (nSPS) is 12.5. The van der Waals surface area contributed by atoms with Gasteiger partial charge in [0.05, 0.1) is 21.2 Å². The number of aromatic nitrogens is 1. The molecule has 1 aromatic heterocycles. The number of benzene rings is 1. The second-order valence-electron chi connectivity index (χ2n) is 3.61. The first kappa shape index (κ1) is 13.4. The number of pyridine rings is 1. The van der Waals surface area contributed by atoms with Gasteiger partial charge in [-0.3, -0.25) is 4.98 Å². The fourth-order valence-electron chi connectivity index (χ4n) is 1.59. The van der Waals surface area contributed by atoms with Gasteiger partial charge < -0.3 is 5.73 Å². The van der Waals surface area contributed by atoms with Crippen molar-refractivity contribution in [3.05, 3.63) is 62.8 Å². The zero-order valence-electron chi connectivity index (χ0n) is 9.00. The Labute approximate surface area is 116 Å².